The van der Waals surface area contributed by atoms with Crippen molar-refractivity contribution in [1.82, 2.24) is 0 Å². The Morgan fingerprint density at radius 3 is 2.39 bits per heavy atom. The molecular weight excluding hydrogens is 519 g/mol. The van der Waals surface area contributed by atoms with Gasteiger partial charge in [-0.2, -0.15) is 13.2 Å². The van der Waals surface area contributed by atoms with Crippen LogP contribution in [0.5, 0.6) is 0 Å². The second-order valence-electron chi connectivity index (χ2n) is 10.7. The van der Waals surface area contributed by atoms with Crippen LogP contribution in [0, 0.1) is 17.3 Å². The number of cyclic esters (lactones) is 1. The fraction of sp³-hybridized carbons (Fsp3) is 0.643. The van der Waals surface area contributed by atoms with E-state index >= 15 is 0 Å². The van der Waals surface area contributed by atoms with Gasteiger partial charge in [-0.05, 0) is 61.0 Å². The Morgan fingerprint density at radius 1 is 1.24 bits per heavy atom. The van der Waals surface area contributed by atoms with Crippen LogP contribution >= 0.6 is 11.8 Å². The third-order valence-corrected chi connectivity index (χ3v) is 7.75. The molecule has 0 aromatic carbocycles. The lowest BCUT2D eigenvalue weighted by Gasteiger charge is -2.34. The van der Waals surface area contributed by atoms with Gasteiger partial charge in [-0.15, -0.1) is 11.8 Å². The summed E-state index contributed by atoms with van der Waals surface area (Å²) in [6, 6.07) is 0. The number of aliphatic hydroxyl groups excluding tert-OH is 2. The van der Waals surface area contributed by atoms with Gasteiger partial charge >= 0.3 is 12.1 Å². The predicted molar refractivity (Wildman–Crippen MR) is 145 cm³/mol. The minimum Gasteiger partial charge on any atom is -0.457 e. The molecule has 0 saturated carbocycles. The molecule has 6 nitrogen and oxygen atoms in total. The molecule has 0 aromatic heterocycles. The molecule has 0 fully saturated rings. The average Bonchev–Trinajstić information content (AvgIpc) is 2.80. The van der Waals surface area contributed by atoms with Crippen molar-refractivity contribution in [3.05, 3.63) is 45.9 Å². The van der Waals surface area contributed by atoms with Crippen molar-refractivity contribution in [2.45, 2.75) is 98.1 Å². The number of carbonyl (C=O) groups excluding carboxylic acids is 2. The van der Waals surface area contributed by atoms with Crippen molar-refractivity contribution in [3.63, 3.8) is 0 Å². The second-order valence-corrected chi connectivity index (χ2v) is 11.9. The number of esters is 1. The highest BCUT2D eigenvalue weighted by atomic mass is 32.2. The van der Waals surface area contributed by atoms with Gasteiger partial charge in [-0.1, -0.05) is 40.3 Å². The topological polar surface area (TPSA) is 110 Å². The molecule has 0 spiro atoms. The third kappa shape index (κ3) is 10.3. The normalized spacial score (nSPS) is 30.8. The van der Waals surface area contributed by atoms with Crippen molar-refractivity contribution < 1.29 is 37.7 Å². The molecule has 1 aliphatic rings. The number of halogens is 3. The van der Waals surface area contributed by atoms with Crippen molar-refractivity contribution in [2.24, 2.45) is 23.0 Å². The maximum absolute atomic E-state index is 13.8. The summed E-state index contributed by atoms with van der Waals surface area (Å²) in [7, 11) is 0. The molecule has 0 amide bonds. The third-order valence-electron chi connectivity index (χ3n) is 6.96. The zero-order valence-electron chi connectivity index (χ0n) is 23.1. The molecule has 1 heterocycles. The number of carbonyl (C=O) groups is 2. The van der Waals surface area contributed by atoms with Crippen LogP contribution in [0.1, 0.15) is 73.6 Å². The van der Waals surface area contributed by atoms with Gasteiger partial charge in [0.25, 0.3) is 0 Å². The molecule has 0 saturated heterocycles. The van der Waals surface area contributed by atoms with E-state index in [1.54, 1.807) is 26.2 Å². The molecule has 5 atom stereocenters. The number of thioether (sulfide) groups is 1. The van der Waals surface area contributed by atoms with Crippen LogP contribution in [-0.4, -0.2) is 46.5 Å². The van der Waals surface area contributed by atoms with E-state index in [-0.39, 0.29) is 25.7 Å². The van der Waals surface area contributed by atoms with Gasteiger partial charge in [0.15, 0.2) is 0 Å². The monoisotopic (exact) mass is 561 g/mol. The zero-order valence-corrected chi connectivity index (χ0v) is 23.9. The number of rotatable bonds is 4. The largest absolute Gasteiger partial charge is 0.457 e. The highest BCUT2D eigenvalue weighted by molar-refractivity contribution is 8.05. The smallest absolute Gasteiger partial charge is 0.412 e. The van der Waals surface area contributed by atoms with Gasteiger partial charge in [0.05, 0.1) is 24.0 Å². The summed E-state index contributed by atoms with van der Waals surface area (Å²) in [4.78, 5) is 26.7. The Bertz CT molecular complexity index is 955. The van der Waals surface area contributed by atoms with Crippen molar-refractivity contribution in [1.29, 1.82) is 0 Å². The molecule has 4 N–H and O–H groups in total. The molecule has 0 aromatic rings. The number of allylic oxidation sites excluding steroid dienone is 3. The van der Waals surface area contributed by atoms with Gasteiger partial charge in [0.2, 0.25) is 0 Å². The number of ether oxygens (including phenoxy) is 1. The van der Waals surface area contributed by atoms with E-state index < -0.39 is 65.5 Å². The van der Waals surface area contributed by atoms with Gasteiger partial charge < -0.3 is 20.7 Å². The predicted octanol–water partition coefficient (Wildman–Crippen LogP) is 5.95. The fourth-order valence-corrected chi connectivity index (χ4v) is 4.70. The summed E-state index contributed by atoms with van der Waals surface area (Å²) in [6.07, 6.45) is -6.31. The van der Waals surface area contributed by atoms with E-state index in [0.717, 1.165) is 11.0 Å². The van der Waals surface area contributed by atoms with Crippen LogP contribution in [0.15, 0.2) is 45.9 Å². The Hall–Kier alpha value is -2.04. The number of nitrogens with two attached hydrogens (primary N) is 1. The van der Waals surface area contributed by atoms with Crippen LogP contribution < -0.4 is 5.73 Å². The van der Waals surface area contributed by atoms with Crippen molar-refractivity contribution >= 4 is 23.5 Å². The fourth-order valence-electron chi connectivity index (χ4n) is 4.30. The first-order valence-electron chi connectivity index (χ1n) is 12.7. The van der Waals surface area contributed by atoms with E-state index in [0.29, 0.717) is 11.3 Å². The summed E-state index contributed by atoms with van der Waals surface area (Å²) in [5, 5.41) is 23.1. The Labute approximate surface area is 228 Å². The molecule has 0 aliphatic carbocycles. The maximum Gasteiger partial charge on any atom is 0.412 e. The van der Waals surface area contributed by atoms with Crippen LogP contribution in [-0.2, 0) is 14.3 Å². The first-order valence-corrected chi connectivity index (χ1v) is 13.6. The Kier molecular flexibility index (Phi) is 12.9. The van der Waals surface area contributed by atoms with Crippen molar-refractivity contribution in [3.8, 4) is 0 Å². The maximum atomic E-state index is 13.8. The van der Waals surface area contributed by atoms with Gasteiger partial charge in [-0.3, -0.25) is 9.59 Å². The zero-order chi connectivity index (χ0) is 29.4. The van der Waals surface area contributed by atoms with E-state index in [2.05, 4.69) is 6.58 Å². The minimum absolute atomic E-state index is 0.142. The van der Waals surface area contributed by atoms with Crippen LogP contribution in [0.4, 0.5) is 13.2 Å². The average molecular weight is 562 g/mol. The van der Waals surface area contributed by atoms with E-state index in [1.165, 1.54) is 38.6 Å². The van der Waals surface area contributed by atoms with E-state index in [1.807, 2.05) is 0 Å². The summed E-state index contributed by atoms with van der Waals surface area (Å²) in [5.41, 5.74) is 4.61. The summed E-state index contributed by atoms with van der Waals surface area (Å²) < 4.78 is 46.9. The van der Waals surface area contributed by atoms with Gasteiger partial charge in [0.1, 0.15) is 11.9 Å². The van der Waals surface area contributed by atoms with Gasteiger partial charge in [0, 0.05) is 23.6 Å². The number of ketones is 1. The molecule has 216 valence electrons. The standard InChI is InChI=1S/C28H42F3NO5S/c1-16(2)38-15-21(32)13-18(4)22-12-11-20(28(29,30)31)10-8-9-17(3)25(35)19(5)26(36)27(6,7)23(33)14-24(34)37-22/h11,13,15,17,19,22-23,25,33,35H,1,8-10,12,14,32H2,2-7H3/b18-13+,20-11+,21-15-/t17-,19+,22-,23-,25-/m0/s1. The second kappa shape index (κ2) is 14.4. The van der Waals surface area contributed by atoms with E-state index in [4.69, 9.17) is 10.5 Å². The number of hydrogen-bond acceptors (Lipinski definition) is 7. The Balaban J connectivity index is 3.46. The highest BCUT2D eigenvalue weighted by Gasteiger charge is 2.42. The number of Topliss-reactive ketones (excluding diaryl/α,β-unsaturated/α-hetero) is 1. The molecule has 0 radical (unpaired) electrons. The summed E-state index contributed by atoms with van der Waals surface area (Å²) >= 11 is 1.28. The quantitative estimate of drug-likeness (QED) is 0.221. The van der Waals surface area contributed by atoms with Crippen LogP contribution in [0.25, 0.3) is 0 Å². The number of hydrogen-bond donors (Lipinski definition) is 3. The summed E-state index contributed by atoms with van der Waals surface area (Å²) in [5.74, 6) is -2.65. The molecule has 0 bridgehead atoms. The molecule has 1 aliphatic heterocycles. The summed E-state index contributed by atoms with van der Waals surface area (Å²) in [6.45, 7) is 13.3. The first kappa shape index (κ1) is 34.0. The SMILES string of the molecule is C=C(C)S/C=C(N)/C=C(\C)[C@@H]1C/C=C(/C(F)(F)F)CCC[C@H](C)[C@H](O)[C@@H](C)C(=O)C(C)(C)[C@@H](O)CC(=O)O1. The first-order chi connectivity index (χ1) is 17.4. The van der Waals surface area contributed by atoms with Crippen molar-refractivity contribution in [2.75, 3.05) is 0 Å². The molecule has 1 rings (SSSR count). The highest BCUT2D eigenvalue weighted by Crippen LogP contribution is 2.35. The van der Waals surface area contributed by atoms with E-state index in [9.17, 15) is 33.0 Å². The molecular formula is C28H42F3NO5S. The lowest BCUT2D eigenvalue weighted by atomic mass is 9.73. The number of aliphatic hydroxyl groups is 2. The molecule has 38 heavy (non-hydrogen) atoms. The molecule has 0 unspecified atom stereocenters. The number of alkyl halides is 3. The minimum atomic E-state index is -4.58. The lowest BCUT2D eigenvalue weighted by molar-refractivity contribution is -0.154. The van der Waals surface area contributed by atoms with Gasteiger partial charge in [-0.25, -0.2) is 0 Å². The van der Waals surface area contributed by atoms with Crippen LogP contribution in [0.2, 0.25) is 0 Å². The lowest BCUT2D eigenvalue weighted by Crippen LogP contribution is -2.45. The van der Waals surface area contributed by atoms with Crippen LogP contribution in [0.3, 0.4) is 0 Å². The molecule has 10 heteroatoms. The Morgan fingerprint density at radius 2 is 1.84 bits per heavy atom.